The van der Waals surface area contributed by atoms with Crippen molar-refractivity contribution in [3.8, 4) is 0 Å². The molecule has 3 saturated heterocycles. The molecule has 0 aliphatic carbocycles. The van der Waals surface area contributed by atoms with Crippen molar-refractivity contribution in [2.45, 2.75) is 42.0 Å². The van der Waals surface area contributed by atoms with Gasteiger partial charge in [-0.25, -0.2) is 9.74 Å². The number of carbonyl (C=O) groups excluding carboxylic acids is 2. The molecule has 28 heavy (non-hydrogen) atoms. The van der Waals surface area contributed by atoms with Gasteiger partial charge in [0.2, 0.25) is 11.8 Å². The molecule has 2 bridgehead atoms. The third-order valence-corrected chi connectivity index (χ3v) is 7.50. The first-order valence-corrected chi connectivity index (χ1v) is 9.20. The van der Waals surface area contributed by atoms with Crippen molar-refractivity contribution in [2.24, 2.45) is 11.8 Å². The zero-order chi connectivity index (χ0) is 20.8. The van der Waals surface area contributed by atoms with Crippen LogP contribution in [0.5, 0.6) is 0 Å². The molecule has 1 aromatic carbocycles. The molecule has 2 unspecified atom stereocenters. The van der Waals surface area contributed by atoms with Crippen LogP contribution < -0.4 is 4.90 Å². The molecule has 6 atom stereocenters. The monoisotopic (exact) mass is 432 g/mol. The van der Waals surface area contributed by atoms with Gasteiger partial charge in [0.1, 0.15) is 0 Å². The SMILES string of the molecule is [C-]#[N+]c1ccc(N2C(=O)[C@@H]3[C@H](C2=O)C2(C)OC3(C)[C@H](Cl)[C@H]2Cl)cc1C(F)(F)F. The number of rotatable bonds is 1. The number of hydrogen-bond acceptors (Lipinski definition) is 3. The van der Waals surface area contributed by atoms with Gasteiger partial charge in [0, 0.05) is 5.69 Å². The van der Waals surface area contributed by atoms with Gasteiger partial charge in [0.05, 0.1) is 45.9 Å². The maximum Gasteiger partial charge on any atom is 0.407 e. The fraction of sp³-hybridized carbons (Fsp3) is 0.500. The lowest BCUT2D eigenvalue weighted by Gasteiger charge is -2.35. The van der Waals surface area contributed by atoms with Crippen LogP contribution in [-0.4, -0.2) is 33.8 Å². The van der Waals surface area contributed by atoms with E-state index >= 15 is 0 Å². The van der Waals surface area contributed by atoms with Crippen molar-refractivity contribution in [3.05, 3.63) is 35.2 Å². The number of fused-ring (bicyclic) bond motifs is 5. The first-order valence-electron chi connectivity index (χ1n) is 8.32. The Morgan fingerprint density at radius 3 is 2.04 bits per heavy atom. The molecule has 5 nitrogen and oxygen atoms in total. The second kappa shape index (κ2) is 5.62. The minimum atomic E-state index is -4.81. The third kappa shape index (κ3) is 2.18. The summed E-state index contributed by atoms with van der Waals surface area (Å²) in [6, 6.07) is 2.75. The van der Waals surface area contributed by atoms with E-state index in [9.17, 15) is 22.8 Å². The van der Waals surface area contributed by atoms with Crippen molar-refractivity contribution in [2.75, 3.05) is 4.90 Å². The highest BCUT2D eigenvalue weighted by Crippen LogP contribution is 2.63. The van der Waals surface area contributed by atoms with Crippen LogP contribution in [-0.2, 0) is 20.5 Å². The molecule has 10 heteroatoms. The third-order valence-electron chi connectivity index (χ3n) is 6.00. The van der Waals surface area contributed by atoms with Gasteiger partial charge in [-0.15, -0.1) is 23.2 Å². The molecule has 0 radical (unpaired) electrons. The molecule has 0 saturated carbocycles. The minimum absolute atomic E-state index is 0.243. The van der Waals surface area contributed by atoms with Crippen LogP contribution >= 0.6 is 23.2 Å². The highest BCUT2D eigenvalue weighted by Gasteiger charge is 2.78. The Kier molecular flexibility index (Phi) is 3.91. The summed E-state index contributed by atoms with van der Waals surface area (Å²) in [6.07, 6.45) is -4.81. The number of ether oxygens (including phenoxy) is 1. The Balaban J connectivity index is 1.82. The number of imide groups is 1. The van der Waals surface area contributed by atoms with Crippen LogP contribution in [0.3, 0.4) is 0 Å². The maximum absolute atomic E-state index is 13.3. The number of carbonyl (C=O) groups is 2. The number of nitrogens with zero attached hydrogens (tertiary/aromatic N) is 2. The van der Waals surface area contributed by atoms with Gasteiger partial charge in [-0.2, -0.15) is 13.2 Å². The largest absolute Gasteiger partial charge is 0.407 e. The lowest BCUT2D eigenvalue weighted by Crippen LogP contribution is -2.53. The highest BCUT2D eigenvalue weighted by atomic mass is 35.5. The number of hydrogen-bond donors (Lipinski definition) is 0. The quantitative estimate of drug-likeness (QED) is 0.380. The van der Waals surface area contributed by atoms with Crippen molar-refractivity contribution in [1.82, 2.24) is 0 Å². The van der Waals surface area contributed by atoms with Gasteiger partial charge in [-0.3, -0.25) is 9.59 Å². The summed E-state index contributed by atoms with van der Waals surface area (Å²) in [7, 11) is 0. The molecule has 0 aromatic heterocycles. The zero-order valence-corrected chi connectivity index (χ0v) is 16.1. The topological polar surface area (TPSA) is 51.0 Å². The van der Waals surface area contributed by atoms with Crippen molar-refractivity contribution in [3.63, 3.8) is 0 Å². The van der Waals surface area contributed by atoms with Gasteiger partial charge < -0.3 is 4.74 Å². The predicted molar refractivity (Wildman–Crippen MR) is 94.4 cm³/mol. The van der Waals surface area contributed by atoms with E-state index in [2.05, 4.69) is 4.85 Å². The number of halogens is 5. The van der Waals surface area contributed by atoms with Crippen LogP contribution in [0.2, 0.25) is 0 Å². The zero-order valence-electron chi connectivity index (χ0n) is 14.6. The van der Waals surface area contributed by atoms with Crippen molar-refractivity contribution >= 4 is 46.4 Å². The van der Waals surface area contributed by atoms with E-state index in [4.69, 9.17) is 34.5 Å². The lowest BCUT2D eigenvalue weighted by molar-refractivity contribution is -0.137. The van der Waals surface area contributed by atoms with Crippen LogP contribution in [0, 0.1) is 18.4 Å². The van der Waals surface area contributed by atoms with Gasteiger partial charge in [-0.05, 0) is 26.0 Å². The van der Waals surface area contributed by atoms with Crippen LogP contribution in [0.25, 0.3) is 4.85 Å². The second-order valence-electron chi connectivity index (χ2n) is 7.55. The number of amides is 2. The van der Waals surface area contributed by atoms with E-state index in [-0.39, 0.29) is 5.69 Å². The molecule has 3 aliphatic rings. The molecule has 0 spiro atoms. The average Bonchev–Trinajstić information content (AvgIpc) is 3.10. The Bertz CT molecular complexity index is 924. The van der Waals surface area contributed by atoms with Crippen LogP contribution in [0.1, 0.15) is 19.4 Å². The summed E-state index contributed by atoms with van der Waals surface area (Å²) in [5.74, 6) is -3.26. The lowest BCUT2D eigenvalue weighted by atomic mass is 9.68. The molecule has 3 aliphatic heterocycles. The number of benzene rings is 1. The van der Waals surface area contributed by atoms with E-state index in [1.807, 2.05) is 0 Å². The smallest absolute Gasteiger partial charge is 0.364 e. The molecule has 0 N–H and O–H groups in total. The number of anilines is 1. The van der Waals surface area contributed by atoms with Gasteiger partial charge >= 0.3 is 6.18 Å². The Morgan fingerprint density at radius 1 is 1.11 bits per heavy atom. The Morgan fingerprint density at radius 2 is 1.61 bits per heavy atom. The first-order chi connectivity index (χ1) is 12.9. The van der Waals surface area contributed by atoms with Gasteiger partial charge in [-0.1, -0.05) is 6.07 Å². The number of alkyl halides is 5. The summed E-state index contributed by atoms with van der Waals surface area (Å²) in [6.45, 7) is 10.1. The van der Waals surface area contributed by atoms with E-state index in [0.717, 1.165) is 17.0 Å². The van der Waals surface area contributed by atoms with E-state index in [0.29, 0.717) is 6.07 Å². The summed E-state index contributed by atoms with van der Waals surface area (Å²) >= 11 is 12.7. The molecule has 3 fully saturated rings. The van der Waals surface area contributed by atoms with Crippen LogP contribution in [0.4, 0.5) is 24.5 Å². The first kappa shape index (κ1) is 19.5. The molecular weight excluding hydrogens is 420 g/mol. The predicted octanol–water partition coefficient (Wildman–Crippen LogP) is 4.14. The normalized spacial score (nSPS) is 39.4. The maximum atomic E-state index is 13.3. The minimum Gasteiger partial charge on any atom is -0.364 e. The molecule has 2 amide bonds. The van der Waals surface area contributed by atoms with Gasteiger partial charge in [0.25, 0.3) is 0 Å². The van der Waals surface area contributed by atoms with Crippen LogP contribution in [0.15, 0.2) is 18.2 Å². The second-order valence-corrected chi connectivity index (χ2v) is 8.49. The standard InChI is InChI=1S/C18H13Cl2F3N2O3/c1-16-10-11(17(2,28-16)13(20)12(16)19)15(27)25(14(10)26)7-4-5-9(24-3)8(6-7)18(21,22)23/h4-6,10-13H,1-2H3/t10-,11+,12-,13-,16?,17?/m1/s1. The Labute approximate surface area is 168 Å². The van der Waals surface area contributed by atoms with E-state index < -0.39 is 63.0 Å². The fourth-order valence-electron chi connectivity index (χ4n) is 4.70. The van der Waals surface area contributed by atoms with E-state index in [1.165, 1.54) is 0 Å². The fourth-order valence-corrected chi connectivity index (χ4v) is 5.56. The van der Waals surface area contributed by atoms with Gasteiger partial charge in [0.15, 0.2) is 5.69 Å². The highest BCUT2D eigenvalue weighted by molar-refractivity contribution is 6.33. The summed E-state index contributed by atoms with van der Waals surface area (Å²) in [5.41, 5.74) is -4.48. The molecular formula is C18H13Cl2F3N2O3. The average molecular weight is 433 g/mol. The van der Waals surface area contributed by atoms with Crippen molar-refractivity contribution < 1.29 is 27.5 Å². The summed E-state index contributed by atoms with van der Waals surface area (Å²) < 4.78 is 45.8. The summed E-state index contributed by atoms with van der Waals surface area (Å²) in [4.78, 5) is 29.8. The molecule has 4 rings (SSSR count). The molecule has 148 valence electrons. The molecule has 1 aromatic rings. The Hall–Kier alpha value is -1.82. The van der Waals surface area contributed by atoms with E-state index in [1.54, 1.807) is 13.8 Å². The van der Waals surface area contributed by atoms with Crippen molar-refractivity contribution in [1.29, 1.82) is 0 Å². The summed E-state index contributed by atoms with van der Waals surface area (Å²) in [5, 5.41) is -1.49. The molecule has 3 heterocycles.